The van der Waals surface area contributed by atoms with Crippen molar-refractivity contribution in [2.45, 2.75) is 11.3 Å². The Labute approximate surface area is 180 Å². The van der Waals surface area contributed by atoms with E-state index in [0.717, 1.165) is 9.55 Å². The van der Waals surface area contributed by atoms with E-state index in [2.05, 4.69) is 5.32 Å². The lowest BCUT2D eigenvalue weighted by Gasteiger charge is -2.15. The van der Waals surface area contributed by atoms with Gasteiger partial charge in [0.05, 0.1) is 21.8 Å². The minimum Gasteiger partial charge on any atom is -0.387 e. The van der Waals surface area contributed by atoms with Crippen LogP contribution in [0.2, 0.25) is 0 Å². The van der Waals surface area contributed by atoms with Crippen LogP contribution in [0.25, 0.3) is 10.9 Å². The predicted molar refractivity (Wildman–Crippen MR) is 121 cm³/mol. The number of amides is 1. The van der Waals surface area contributed by atoms with E-state index >= 15 is 0 Å². The van der Waals surface area contributed by atoms with Gasteiger partial charge in [-0.1, -0.05) is 54.6 Å². The van der Waals surface area contributed by atoms with E-state index in [4.69, 9.17) is 11.1 Å². The molecule has 1 aliphatic rings. The molecule has 1 unspecified atom stereocenters. The second-order valence-electron chi connectivity index (χ2n) is 7.29. The second kappa shape index (κ2) is 8.23. The lowest BCUT2D eigenvalue weighted by molar-refractivity contribution is 0.0959. The third-order valence-corrected chi connectivity index (χ3v) is 6.94. The van der Waals surface area contributed by atoms with Crippen LogP contribution in [0.3, 0.4) is 0 Å². The number of rotatable bonds is 6. The van der Waals surface area contributed by atoms with Gasteiger partial charge in [0, 0.05) is 24.0 Å². The summed E-state index contributed by atoms with van der Waals surface area (Å²) >= 11 is 0. The van der Waals surface area contributed by atoms with Gasteiger partial charge in [-0.05, 0) is 30.2 Å². The summed E-state index contributed by atoms with van der Waals surface area (Å²) in [4.78, 5) is 13.1. The van der Waals surface area contributed by atoms with Crippen LogP contribution >= 0.6 is 0 Å². The van der Waals surface area contributed by atoms with Crippen molar-refractivity contribution in [2.75, 3.05) is 6.54 Å². The summed E-state index contributed by atoms with van der Waals surface area (Å²) in [6.45, 7) is 0.297. The summed E-state index contributed by atoms with van der Waals surface area (Å²) in [5.41, 5.74) is 7.16. The lowest BCUT2D eigenvalue weighted by Crippen LogP contribution is -2.27. The van der Waals surface area contributed by atoms with Gasteiger partial charge in [0.15, 0.2) is 0 Å². The van der Waals surface area contributed by atoms with Crippen LogP contribution in [0.4, 0.5) is 0 Å². The number of allylic oxidation sites excluding steroid dienone is 1. The van der Waals surface area contributed by atoms with Gasteiger partial charge in [-0.15, -0.1) is 0 Å². The number of carbonyl (C=O) groups is 1. The average molecular weight is 435 g/mol. The molecule has 7 nitrogen and oxygen atoms in total. The largest absolute Gasteiger partial charge is 0.387 e. The molecule has 0 aliphatic heterocycles. The van der Waals surface area contributed by atoms with Crippen LogP contribution in [0.5, 0.6) is 0 Å². The molecule has 1 aliphatic carbocycles. The van der Waals surface area contributed by atoms with Crippen molar-refractivity contribution in [3.63, 3.8) is 0 Å². The fourth-order valence-electron chi connectivity index (χ4n) is 3.54. The smallest absolute Gasteiger partial charge is 0.268 e. The Morgan fingerprint density at radius 1 is 1.13 bits per heavy atom. The lowest BCUT2D eigenvalue weighted by atomic mass is 9.96. The van der Waals surface area contributed by atoms with E-state index in [1.165, 1.54) is 18.3 Å². The molecule has 1 heterocycles. The monoisotopic (exact) mass is 434 g/mol. The van der Waals surface area contributed by atoms with E-state index in [9.17, 15) is 13.2 Å². The summed E-state index contributed by atoms with van der Waals surface area (Å²) in [7, 11) is -3.85. The molecule has 0 radical (unpaired) electrons. The van der Waals surface area contributed by atoms with Crippen LogP contribution in [0.1, 0.15) is 16.8 Å². The number of nitrogens with one attached hydrogen (secondary N) is 2. The van der Waals surface area contributed by atoms with Gasteiger partial charge < -0.3 is 11.1 Å². The molecule has 3 aromatic rings. The molecule has 31 heavy (non-hydrogen) atoms. The highest BCUT2D eigenvalue weighted by atomic mass is 32.2. The summed E-state index contributed by atoms with van der Waals surface area (Å²) in [5.74, 6) is -0.357. The zero-order valence-electron chi connectivity index (χ0n) is 16.7. The van der Waals surface area contributed by atoms with Crippen LogP contribution in [0, 0.1) is 11.3 Å². The van der Waals surface area contributed by atoms with E-state index in [1.54, 1.807) is 42.5 Å². The maximum atomic E-state index is 13.2. The van der Waals surface area contributed by atoms with Gasteiger partial charge in [0.25, 0.3) is 15.9 Å². The standard InChI is InChI=1S/C23H22N4O3S/c24-22(25)17-12-10-16(11-13-17)14-26-23(28)20-15-27(21-9-5-4-8-19(20)21)31(29,30)18-6-2-1-3-7-18/h1-12,15,17H,13-14H2,(H3,24,25)(H,26,28). The zero-order chi connectivity index (χ0) is 22.0. The van der Waals surface area contributed by atoms with Crippen molar-refractivity contribution in [3.05, 3.63) is 90.2 Å². The van der Waals surface area contributed by atoms with E-state index in [0.29, 0.717) is 23.9 Å². The topological polar surface area (TPSA) is 118 Å². The molecule has 0 saturated carbocycles. The minimum atomic E-state index is -3.85. The van der Waals surface area contributed by atoms with Crippen molar-refractivity contribution < 1.29 is 13.2 Å². The fraction of sp³-hybridized carbons (Fsp3) is 0.130. The van der Waals surface area contributed by atoms with Crippen molar-refractivity contribution >= 4 is 32.7 Å². The first-order valence-electron chi connectivity index (χ1n) is 9.78. The van der Waals surface area contributed by atoms with Crippen molar-refractivity contribution in [1.29, 1.82) is 5.41 Å². The molecular formula is C23H22N4O3S. The number of nitrogens with two attached hydrogens (primary N) is 1. The second-order valence-corrected chi connectivity index (χ2v) is 9.11. The van der Waals surface area contributed by atoms with Crippen molar-refractivity contribution in [3.8, 4) is 0 Å². The van der Waals surface area contributed by atoms with Gasteiger partial charge in [0.1, 0.15) is 0 Å². The Kier molecular flexibility index (Phi) is 5.48. The maximum absolute atomic E-state index is 13.2. The molecule has 0 bridgehead atoms. The van der Waals surface area contributed by atoms with Crippen molar-refractivity contribution in [1.82, 2.24) is 9.29 Å². The van der Waals surface area contributed by atoms with E-state index < -0.39 is 10.0 Å². The van der Waals surface area contributed by atoms with Gasteiger partial charge in [-0.3, -0.25) is 10.2 Å². The Bertz CT molecular complexity index is 1320. The summed E-state index contributed by atoms with van der Waals surface area (Å²) in [6, 6.07) is 15.1. The van der Waals surface area contributed by atoms with Gasteiger partial charge in [0.2, 0.25) is 0 Å². The average Bonchev–Trinajstić information content (AvgIpc) is 3.19. The van der Waals surface area contributed by atoms with Crippen LogP contribution in [0.15, 0.2) is 89.5 Å². The van der Waals surface area contributed by atoms with Crippen molar-refractivity contribution in [2.24, 2.45) is 11.7 Å². The number of amidine groups is 1. The number of carbonyl (C=O) groups excluding carboxylic acids is 1. The minimum absolute atomic E-state index is 0.111. The Morgan fingerprint density at radius 3 is 2.52 bits per heavy atom. The van der Waals surface area contributed by atoms with E-state index in [-0.39, 0.29) is 28.1 Å². The zero-order valence-corrected chi connectivity index (χ0v) is 17.5. The molecule has 1 aromatic heterocycles. The van der Waals surface area contributed by atoms with Crippen LogP contribution in [-0.4, -0.2) is 30.7 Å². The Balaban J connectivity index is 1.61. The van der Waals surface area contributed by atoms with Crippen LogP contribution in [-0.2, 0) is 10.0 Å². The highest BCUT2D eigenvalue weighted by molar-refractivity contribution is 7.90. The molecule has 0 spiro atoms. The third-order valence-electron chi connectivity index (χ3n) is 5.25. The molecular weight excluding hydrogens is 412 g/mol. The van der Waals surface area contributed by atoms with Crippen LogP contribution < -0.4 is 11.1 Å². The number of benzene rings is 2. The number of hydrogen-bond acceptors (Lipinski definition) is 4. The quantitative estimate of drug-likeness (QED) is 0.408. The summed E-state index contributed by atoms with van der Waals surface area (Å²) < 4.78 is 27.5. The first-order chi connectivity index (χ1) is 14.9. The first kappa shape index (κ1) is 20.6. The van der Waals surface area contributed by atoms with E-state index in [1.807, 2.05) is 18.2 Å². The first-order valence-corrected chi connectivity index (χ1v) is 11.2. The molecule has 0 fully saturated rings. The molecule has 1 atom stereocenters. The Hall–Kier alpha value is -3.65. The van der Waals surface area contributed by atoms with Gasteiger partial charge >= 0.3 is 0 Å². The fourth-order valence-corrected chi connectivity index (χ4v) is 4.93. The predicted octanol–water partition coefficient (Wildman–Crippen LogP) is 3.05. The summed E-state index contributed by atoms with van der Waals surface area (Å²) in [5, 5.41) is 10.9. The normalized spacial score (nSPS) is 16.1. The maximum Gasteiger partial charge on any atom is 0.268 e. The molecule has 8 heteroatoms. The number of nitrogens with zero attached hydrogens (tertiary/aromatic N) is 1. The molecule has 1 amide bonds. The third kappa shape index (κ3) is 4.02. The van der Waals surface area contributed by atoms with Gasteiger partial charge in [-0.2, -0.15) is 0 Å². The Morgan fingerprint density at radius 2 is 1.84 bits per heavy atom. The molecule has 158 valence electrons. The number of aromatic nitrogens is 1. The molecule has 4 rings (SSSR count). The summed E-state index contributed by atoms with van der Waals surface area (Å²) in [6.07, 6.45) is 7.63. The number of para-hydroxylation sites is 1. The highest BCUT2D eigenvalue weighted by Gasteiger charge is 2.23. The number of hydrogen-bond donors (Lipinski definition) is 3. The number of fused-ring (bicyclic) bond motifs is 1. The molecule has 2 aromatic carbocycles. The van der Waals surface area contributed by atoms with Gasteiger partial charge in [-0.25, -0.2) is 12.4 Å². The molecule has 0 saturated heterocycles. The molecule has 4 N–H and O–H groups in total. The SMILES string of the molecule is N=C(N)C1C=CC(CNC(=O)c2cn(S(=O)(=O)c3ccccc3)c3ccccc23)=CC1. The highest BCUT2D eigenvalue weighted by Crippen LogP contribution is 2.26.